The Morgan fingerprint density at radius 3 is 2.03 bits per heavy atom. The lowest BCUT2D eigenvalue weighted by atomic mass is 9.97. The third-order valence-corrected chi connectivity index (χ3v) is 13.3. The Morgan fingerprint density at radius 2 is 1.41 bits per heavy atom. The number of carbonyl (C=O) groups is 12. The van der Waals surface area contributed by atoms with Gasteiger partial charge >= 0.3 is 5.97 Å². The average Bonchev–Trinajstić information content (AvgIpc) is 3.99. The number of hydrogen-bond acceptors (Lipinski definition) is 14. The molecule has 3 aliphatic heterocycles. The molecule has 0 aliphatic carbocycles. The first kappa shape index (κ1) is 60.4. The molecule has 414 valence electrons. The normalized spacial score (nSPS) is 26.1. The van der Waals surface area contributed by atoms with E-state index in [4.69, 9.17) is 10.5 Å². The molecule has 10 atom stereocenters. The van der Waals surface area contributed by atoms with Crippen LogP contribution in [0.5, 0.6) is 5.75 Å². The summed E-state index contributed by atoms with van der Waals surface area (Å²) in [5, 5.41) is 27.8. The lowest BCUT2D eigenvalue weighted by Crippen LogP contribution is -2.60. The van der Waals surface area contributed by atoms with Crippen LogP contribution in [0.3, 0.4) is 0 Å². The van der Waals surface area contributed by atoms with E-state index in [9.17, 15) is 62.6 Å². The molecule has 0 aromatic heterocycles. The summed E-state index contributed by atoms with van der Waals surface area (Å²) in [6.45, 7) is 12.1. The second-order valence-corrected chi connectivity index (χ2v) is 20.8. The number of amides is 10. The molecular formula is C51H76N10O14. The molecule has 1 aromatic rings. The predicted octanol–water partition coefficient (Wildman–Crippen LogP) is -1.26. The largest absolute Gasteiger partial charge is 0.508 e. The molecule has 3 saturated heterocycles. The maximum Gasteiger partial charge on any atom is 0.328 e. The van der Waals surface area contributed by atoms with E-state index in [0.29, 0.717) is 12.0 Å². The number of phenols is 1. The first-order valence-corrected chi connectivity index (χ1v) is 25.7. The first-order chi connectivity index (χ1) is 35.3. The second-order valence-electron chi connectivity index (χ2n) is 20.8. The van der Waals surface area contributed by atoms with Crippen molar-refractivity contribution in [2.45, 2.75) is 162 Å². The SMILES string of the molecule is CC[C@H](C)[C@H](NC(C)=O)C(=O)N[C@H]1COC(=O)[C@@H]2CCCN2C(=O)[C@H](Cc2ccc(O)cc2)NC(=O)[C@H](CC(N)=O)NC(=O)CNC(=O)[C@H](CC(C)C)NC(=O)CC(=O)[C@H](CC(C)C)NC(=O)[C@@H]2C[C@H](C)CN2C1=O. The number of esters is 1. The number of cyclic esters (lactones) is 1. The van der Waals surface area contributed by atoms with Crippen LogP contribution in [-0.2, 0) is 68.7 Å². The van der Waals surface area contributed by atoms with E-state index >= 15 is 0 Å². The van der Waals surface area contributed by atoms with Gasteiger partial charge in [-0.1, -0.05) is 67.0 Å². The van der Waals surface area contributed by atoms with E-state index in [1.54, 1.807) is 48.5 Å². The quantitative estimate of drug-likeness (QED) is 0.0823. The molecule has 10 N–H and O–H groups in total. The van der Waals surface area contributed by atoms with Gasteiger partial charge in [0.25, 0.3) is 0 Å². The Bertz CT molecular complexity index is 2290. The zero-order valence-electron chi connectivity index (χ0n) is 44.2. The van der Waals surface area contributed by atoms with Crippen LogP contribution in [0.1, 0.15) is 112 Å². The number of phenolic OH excluding ortho intramolecular Hbond substituents is 1. The molecule has 4 rings (SSSR count). The van der Waals surface area contributed by atoms with Crippen LogP contribution in [0, 0.1) is 23.7 Å². The molecular weight excluding hydrogens is 977 g/mol. The van der Waals surface area contributed by atoms with Gasteiger partial charge in [-0.15, -0.1) is 0 Å². The highest BCUT2D eigenvalue weighted by atomic mass is 16.5. The summed E-state index contributed by atoms with van der Waals surface area (Å²) >= 11 is 0. The second kappa shape index (κ2) is 28.0. The van der Waals surface area contributed by atoms with Crippen LogP contribution >= 0.6 is 0 Å². The molecule has 24 nitrogen and oxygen atoms in total. The highest BCUT2D eigenvalue weighted by Gasteiger charge is 2.45. The van der Waals surface area contributed by atoms with Crippen LogP contribution < -0.4 is 43.0 Å². The summed E-state index contributed by atoms with van der Waals surface area (Å²) in [5.41, 5.74) is 5.93. The fourth-order valence-corrected chi connectivity index (χ4v) is 9.36. The number of primary amides is 1. The number of aromatic hydroxyl groups is 1. The van der Waals surface area contributed by atoms with Crippen LogP contribution in [0.15, 0.2) is 24.3 Å². The summed E-state index contributed by atoms with van der Waals surface area (Å²) < 4.78 is 5.78. The van der Waals surface area contributed by atoms with Gasteiger partial charge in [0.05, 0.1) is 25.4 Å². The number of hydrogen-bond donors (Lipinski definition) is 9. The maximum absolute atomic E-state index is 14.8. The number of nitrogens with zero attached hydrogens (tertiary/aromatic N) is 2. The molecule has 3 fully saturated rings. The third kappa shape index (κ3) is 18.0. The van der Waals surface area contributed by atoms with Gasteiger partial charge in [0.15, 0.2) is 5.78 Å². The number of rotatable bonds is 13. The van der Waals surface area contributed by atoms with E-state index in [2.05, 4.69) is 37.2 Å². The van der Waals surface area contributed by atoms with Crippen molar-refractivity contribution in [2.24, 2.45) is 29.4 Å². The molecule has 75 heavy (non-hydrogen) atoms. The summed E-state index contributed by atoms with van der Waals surface area (Å²) in [4.78, 5) is 167. The van der Waals surface area contributed by atoms with Gasteiger partial charge in [0.2, 0.25) is 59.1 Å². The van der Waals surface area contributed by atoms with Gasteiger partial charge < -0.3 is 62.6 Å². The lowest BCUT2D eigenvalue weighted by molar-refractivity contribution is -0.157. The van der Waals surface area contributed by atoms with Crippen molar-refractivity contribution < 1.29 is 67.4 Å². The zero-order chi connectivity index (χ0) is 55.8. The third-order valence-electron chi connectivity index (χ3n) is 13.3. The predicted molar refractivity (Wildman–Crippen MR) is 269 cm³/mol. The Labute approximate surface area is 436 Å². The standard InChI is InChI=1S/C51H76N10O14/c1-9-29(7)44(54-30(8)62)48(71)59-37-25-75-51(74)38-11-10-16-60(38)49(72)36(20-31-12-14-32(63)15-13-31)58-46(69)35(21-41(52)65)56-43(67)23-53-45(68)34(18-27(4)5)55-42(66)22-40(64)33(17-26(2)3)57-47(70)39-19-28(6)24-61(39)50(37)73/h12-15,26-29,33-39,44,63H,9-11,16-25H2,1-8H3,(H2,52,65)(H,53,68)(H,54,62)(H,55,66)(H,56,67)(H,57,70)(H,58,69)(H,59,71)/t28-,29-,33-,34-,35-,36-,37-,38-,39-,44-/m0/s1. The van der Waals surface area contributed by atoms with Crippen LogP contribution in [0.2, 0.25) is 0 Å². The Hall–Kier alpha value is -7.14. The smallest absolute Gasteiger partial charge is 0.328 e. The van der Waals surface area contributed by atoms with Crippen molar-refractivity contribution in [3.63, 3.8) is 0 Å². The minimum Gasteiger partial charge on any atom is -0.508 e. The van der Waals surface area contributed by atoms with Gasteiger partial charge in [-0.05, 0) is 73.5 Å². The summed E-state index contributed by atoms with van der Waals surface area (Å²) in [5.74, 6) is -11.2. The van der Waals surface area contributed by atoms with E-state index < -0.39 is 151 Å². The molecule has 0 unspecified atom stereocenters. The van der Waals surface area contributed by atoms with Crippen molar-refractivity contribution >= 4 is 70.8 Å². The van der Waals surface area contributed by atoms with Crippen molar-refractivity contribution in [3.05, 3.63) is 29.8 Å². The van der Waals surface area contributed by atoms with Crippen molar-refractivity contribution in [1.29, 1.82) is 0 Å². The fourth-order valence-electron chi connectivity index (χ4n) is 9.36. The number of fused-ring (bicyclic) bond motifs is 2. The molecule has 0 spiro atoms. The highest BCUT2D eigenvalue weighted by molar-refractivity contribution is 6.04. The monoisotopic (exact) mass is 1050 g/mol. The first-order valence-electron chi connectivity index (χ1n) is 25.7. The summed E-state index contributed by atoms with van der Waals surface area (Å²) in [6.07, 6.45) is -0.682. The number of benzene rings is 1. The Balaban J connectivity index is 1.81. The highest BCUT2D eigenvalue weighted by Crippen LogP contribution is 2.26. The number of ketones is 1. The fraction of sp³-hybridized carbons (Fsp3) is 0.647. The van der Waals surface area contributed by atoms with E-state index in [-0.39, 0.29) is 75.1 Å². The van der Waals surface area contributed by atoms with E-state index in [0.717, 1.165) is 0 Å². The molecule has 3 aliphatic rings. The molecule has 24 heteroatoms. The minimum atomic E-state index is -1.69. The van der Waals surface area contributed by atoms with Gasteiger partial charge in [-0.25, -0.2) is 4.79 Å². The summed E-state index contributed by atoms with van der Waals surface area (Å²) in [6, 6.07) is -5.25. The summed E-state index contributed by atoms with van der Waals surface area (Å²) in [7, 11) is 0. The van der Waals surface area contributed by atoms with E-state index in [1.165, 1.54) is 41.0 Å². The van der Waals surface area contributed by atoms with Crippen LogP contribution in [0.25, 0.3) is 0 Å². The molecule has 0 bridgehead atoms. The number of Topliss-reactive ketones (excluding diaryl/α,β-unsaturated/α-hetero) is 1. The Kier molecular flexibility index (Phi) is 22.5. The van der Waals surface area contributed by atoms with Crippen molar-refractivity contribution in [1.82, 2.24) is 47.0 Å². The van der Waals surface area contributed by atoms with E-state index in [1.807, 2.05) is 0 Å². The molecule has 0 radical (unpaired) electrons. The average molecular weight is 1050 g/mol. The van der Waals surface area contributed by atoms with Gasteiger partial charge in [-0.3, -0.25) is 52.7 Å². The number of carbonyl (C=O) groups excluding carboxylic acids is 12. The van der Waals surface area contributed by atoms with Gasteiger partial charge in [-0.2, -0.15) is 0 Å². The number of ether oxygens (including phenoxy) is 1. The van der Waals surface area contributed by atoms with Crippen LogP contribution in [0.4, 0.5) is 0 Å². The van der Waals surface area contributed by atoms with Crippen LogP contribution in [-0.4, -0.2) is 160 Å². The Morgan fingerprint density at radius 1 is 0.787 bits per heavy atom. The molecule has 0 saturated carbocycles. The molecule has 10 amide bonds. The van der Waals surface area contributed by atoms with Crippen molar-refractivity contribution in [2.75, 3.05) is 26.2 Å². The molecule has 3 heterocycles. The lowest BCUT2D eigenvalue weighted by Gasteiger charge is -2.32. The maximum atomic E-state index is 14.8. The molecule has 1 aromatic carbocycles. The number of nitrogens with one attached hydrogen (secondary N) is 7. The minimum absolute atomic E-state index is 0.00267. The van der Waals surface area contributed by atoms with Gasteiger partial charge in [0.1, 0.15) is 54.6 Å². The number of nitrogens with two attached hydrogens (primary N) is 1. The van der Waals surface area contributed by atoms with Gasteiger partial charge in [0, 0.05) is 26.4 Å². The zero-order valence-corrected chi connectivity index (χ0v) is 44.2. The topological polar surface area (TPSA) is 351 Å². The van der Waals surface area contributed by atoms with Crippen molar-refractivity contribution in [3.8, 4) is 5.75 Å².